The second-order valence-corrected chi connectivity index (χ2v) is 7.80. The lowest BCUT2D eigenvalue weighted by molar-refractivity contribution is -0.137. The standard InChI is InChI=1S/C23H26N2O2/c1-17-11-13-24(14-12-17)23(27)21(15-18-7-3-2-4-8-18)25-16-19-9-5-6-10-20(19)22(25)26/h2-10,17,21H,11-16H2,1H3. The Labute approximate surface area is 160 Å². The van der Waals surface area contributed by atoms with Crippen LogP contribution in [0.2, 0.25) is 0 Å². The molecule has 1 fully saturated rings. The molecule has 0 saturated carbocycles. The van der Waals surface area contributed by atoms with Gasteiger partial charge >= 0.3 is 0 Å². The molecule has 2 aromatic carbocycles. The maximum atomic E-state index is 13.4. The van der Waals surface area contributed by atoms with Gasteiger partial charge in [-0.05, 0) is 36.0 Å². The van der Waals surface area contributed by atoms with Crippen LogP contribution in [-0.2, 0) is 17.8 Å². The van der Waals surface area contributed by atoms with E-state index in [0.717, 1.165) is 42.6 Å². The van der Waals surface area contributed by atoms with Gasteiger partial charge in [-0.2, -0.15) is 0 Å². The molecule has 4 nitrogen and oxygen atoms in total. The molecule has 2 amide bonds. The fourth-order valence-electron chi connectivity index (χ4n) is 4.14. The monoisotopic (exact) mass is 362 g/mol. The second-order valence-electron chi connectivity index (χ2n) is 7.80. The number of hydrogen-bond acceptors (Lipinski definition) is 2. The topological polar surface area (TPSA) is 40.6 Å². The highest BCUT2D eigenvalue weighted by Gasteiger charge is 2.38. The molecule has 1 unspecified atom stereocenters. The van der Waals surface area contributed by atoms with Crippen molar-refractivity contribution in [3.8, 4) is 0 Å². The maximum absolute atomic E-state index is 13.4. The van der Waals surface area contributed by atoms with Crippen LogP contribution in [0.1, 0.15) is 41.3 Å². The van der Waals surface area contributed by atoms with Crippen molar-refractivity contribution >= 4 is 11.8 Å². The van der Waals surface area contributed by atoms with E-state index >= 15 is 0 Å². The zero-order valence-electron chi connectivity index (χ0n) is 15.8. The van der Waals surface area contributed by atoms with Crippen LogP contribution in [0.4, 0.5) is 0 Å². The summed E-state index contributed by atoms with van der Waals surface area (Å²) < 4.78 is 0. The number of likely N-dealkylation sites (tertiary alicyclic amines) is 1. The van der Waals surface area contributed by atoms with Crippen LogP contribution in [0.3, 0.4) is 0 Å². The third-order valence-electron chi connectivity index (χ3n) is 5.88. The molecule has 0 radical (unpaired) electrons. The molecular weight excluding hydrogens is 336 g/mol. The van der Waals surface area contributed by atoms with E-state index in [9.17, 15) is 9.59 Å². The van der Waals surface area contributed by atoms with Gasteiger partial charge in [0.1, 0.15) is 6.04 Å². The zero-order chi connectivity index (χ0) is 18.8. The van der Waals surface area contributed by atoms with Gasteiger partial charge in [0, 0.05) is 31.6 Å². The molecule has 2 aliphatic heterocycles. The molecule has 27 heavy (non-hydrogen) atoms. The lowest BCUT2D eigenvalue weighted by Gasteiger charge is -2.36. The Bertz CT molecular complexity index is 825. The molecule has 2 heterocycles. The average Bonchev–Trinajstić information content (AvgIpc) is 3.04. The van der Waals surface area contributed by atoms with Crippen LogP contribution in [0, 0.1) is 5.92 Å². The van der Waals surface area contributed by atoms with E-state index in [4.69, 9.17) is 0 Å². The van der Waals surface area contributed by atoms with Crippen molar-refractivity contribution in [2.45, 2.75) is 38.8 Å². The second kappa shape index (κ2) is 7.55. The molecule has 1 saturated heterocycles. The summed E-state index contributed by atoms with van der Waals surface area (Å²) in [5.74, 6) is 0.733. The summed E-state index contributed by atoms with van der Waals surface area (Å²) in [4.78, 5) is 30.2. The number of nitrogens with zero attached hydrogens (tertiary/aromatic N) is 2. The molecule has 140 valence electrons. The third kappa shape index (κ3) is 3.61. The predicted octanol–water partition coefficient (Wildman–Crippen LogP) is 3.51. The van der Waals surface area contributed by atoms with Crippen molar-refractivity contribution in [2.75, 3.05) is 13.1 Å². The van der Waals surface area contributed by atoms with Gasteiger partial charge in [-0.3, -0.25) is 9.59 Å². The molecule has 2 aliphatic rings. The van der Waals surface area contributed by atoms with Crippen molar-refractivity contribution in [3.63, 3.8) is 0 Å². The summed E-state index contributed by atoms with van der Waals surface area (Å²) in [6.45, 7) is 4.34. The van der Waals surface area contributed by atoms with E-state index in [1.807, 2.05) is 59.5 Å². The van der Waals surface area contributed by atoms with E-state index in [0.29, 0.717) is 18.9 Å². The van der Waals surface area contributed by atoms with E-state index in [1.165, 1.54) is 0 Å². The van der Waals surface area contributed by atoms with Crippen LogP contribution < -0.4 is 0 Å². The molecule has 0 bridgehead atoms. The van der Waals surface area contributed by atoms with E-state index in [-0.39, 0.29) is 11.8 Å². The minimum absolute atomic E-state index is 0.0229. The van der Waals surface area contributed by atoms with Crippen LogP contribution in [0.15, 0.2) is 54.6 Å². The summed E-state index contributed by atoms with van der Waals surface area (Å²) in [7, 11) is 0. The minimum Gasteiger partial charge on any atom is -0.341 e. The van der Waals surface area contributed by atoms with Gasteiger partial charge in [-0.25, -0.2) is 0 Å². The highest BCUT2D eigenvalue weighted by atomic mass is 16.2. The molecule has 0 aliphatic carbocycles. The SMILES string of the molecule is CC1CCN(C(=O)C(Cc2ccccc2)N2Cc3ccccc3C2=O)CC1. The number of hydrogen-bond donors (Lipinski definition) is 0. The first-order valence-electron chi connectivity index (χ1n) is 9.85. The van der Waals surface area contributed by atoms with Crippen molar-refractivity contribution in [1.29, 1.82) is 0 Å². The Kier molecular flexibility index (Phi) is 4.97. The lowest BCUT2D eigenvalue weighted by Crippen LogP contribution is -2.51. The Morgan fingerprint density at radius 3 is 2.41 bits per heavy atom. The van der Waals surface area contributed by atoms with Crippen LogP contribution in [-0.4, -0.2) is 40.7 Å². The lowest BCUT2D eigenvalue weighted by atomic mass is 9.97. The summed E-state index contributed by atoms with van der Waals surface area (Å²) in [5, 5.41) is 0. The molecule has 4 heteroatoms. The van der Waals surface area contributed by atoms with Gasteiger partial charge in [-0.1, -0.05) is 55.5 Å². The van der Waals surface area contributed by atoms with Crippen molar-refractivity contribution in [1.82, 2.24) is 9.80 Å². The summed E-state index contributed by atoms with van der Waals surface area (Å²) in [6.07, 6.45) is 2.64. The molecule has 0 spiro atoms. The Hall–Kier alpha value is -2.62. The van der Waals surface area contributed by atoms with Gasteiger partial charge in [0.25, 0.3) is 5.91 Å². The van der Waals surface area contributed by atoms with Crippen LogP contribution in [0.25, 0.3) is 0 Å². The van der Waals surface area contributed by atoms with Crippen molar-refractivity contribution < 1.29 is 9.59 Å². The molecule has 2 aromatic rings. The molecular formula is C23H26N2O2. The number of rotatable bonds is 4. The Morgan fingerprint density at radius 1 is 1.04 bits per heavy atom. The zero-order valence-corrected chi connectivity index (χ0v) is 15.8. The first-order chi connectivity index (χ1) is 13.1. The van der Waals surface area contributed by atoms with Gasteiger partial charge < -0.3 is 9.80 Å². The Morgan fingerprint density at radius 2 is 1.70 bits per heavy atom. The summed E-state index contributed by atoms with van der Waals surface area (Å²) in [6, 6.07) is 17.3. The van der Waals surface area contributed by atoms with E-state index < -0.39 is 6.04 Å². The van der Waals surface area contributed by atoms with E-state index in [2.05, 4.69) is 6.92 Å². The molecule has 1 atom stereocenters. The van der Waals surface area contributed by atoms with Crippen LogP contribution >= 0.6 is 0 Å². The number of carbonyl (C=O) groups is 2. The van der Waals surface area contributed by atoms with Gasteiger partial charge in [0.15, 0.2) is 0 Å². The fourth-order valence-corrected chi connectivity index (χ4v) is 4.14. The van der Waals surface area contributed by atoms with E-state index in [1.54, 1.807) is 4.90 Å². The number of piperidine rings is 1. The maximum Gasteiger partial charge on any atom is 0.255 e. The first-order valence-corrected chi connectivity index (χ1v) is 9.85. The van der Waals surface area contributed by atoms with Crippen LogP contribution in [0.5, 0.6) is 0 Å². The predicted molar refractivity (Wildman–Crippen MR) is 105 cm³/mol. The van der Waals surface area contributed by atoms with Gasteiger partial charge in [0.2, 0.25) is 5.91 Å². The summed E-state index contributed by atoms with van der Waals surface area (Å²) in [5.41, 5.74) is 2.83. The van der Waals surface area contributed by atoms with Crippen molar-refractivity contribution in [2.24, 2.45) is 5.92 Å². The Balaban J connectivity index is 1.60. The van der Waals surface area contributed by atoms with Gasteiger partial charge in [0.05, 0.1) is 0 Å². The summed E-state index contributed by atoms with van der Waals surface area (Å²) >= 11 is 0. The largest absolute Gasteiger partial charge is 0.341 e. The minimum atomic E-state index is -0.444. The molecule has 0 aromatic heterocycles. The highest BCUT2D eigenvalue weighted by molar-refractivity contribution is 6.01. The van der Waals surface area contributed by atoms with Gasteiger partial charge in [-0.15, -0.1) is 0 Å². The van der Waals surface area contributed by atoms with Crippen molar-refractivity contribution in [3.05, 3.63) is 71.3 Å². The smallest absolute Gasteiger partial charge is 0.255 e. The molecule has 0 N–H and O–H groups in total. The normalized spacial score (nSPS) is 18.5. The quantitative estimate of drug-likeness (QED) is 0.835. The molecule has 4 rings (SSSR count). The third-order valence-corrected chi connectivity index (χ3v) is 5.88. The number of amides is 2. The fraction of sp³-hybridized carbons (Fsp3) is 0.391. The number of carbonyl (C=O) groups excluding carboxylic acids is 2. The average molecular weight is 362 g/mol. The number of fused-ring (bicyclic) bond motifs is 1. The first kappa shape index (κ1) is 17.8. The number of benzene rings is 2. The highest BCUT2D eigenvalue weighted by Crippen LogP contribution is 2.27.